The van der Waals surface area contributed by atoms with Gasteiger partial charge < -0.3 is 19.9 Å². The second kappa shape index (κ2) is 9.84. The molecular weight excluding hydrogens is 436 g/mol. The molecule has 11 heteroatoms. The first kappa shape index (κ1) is 21.8. The number of imidazole rings is 1. The van der Waals surface area contributed by atoms with E-state index in [1.807, 2.05) is 12.1 Å². The van der Waals surface area contributed by atoms with Crippen molar-refractivity contribution in [3.63, 3.8) is 0 Å². The number of fused-ring (bicyclic) bond motifs is 1. The summed E-state index contributed by atoms with van der Waals surface area (Å²) >= 11 is 5.87. The topological polar surface area (TPSA) is 123 Å². The Labute approximate surface area is 188 Å². The molecule has 1 saturated heterocycles. The van der Waals surface area contributed by atoms with Crippen molar-refractivity contribution in [2.75, 3.05) is 38.2 Å². The van der Waals surface area contributed by atoms with E-state index in [4.69, 9.17) is 16.3 Å². The number of benzene rings is 1. The summed E-state index contributed by atoms with van der Waals surface area (Å²) in [5, 5.41) is 3.31. The van der Waals surface area contributed by atoms with Crippen molar-refractivity contribution in [1.82, 2.24) is 24.8 Å². The second-order valence-corrected chi connectivity index (χ2v) is 7.88. The lowest BCUT2D eigenvalue weighted by molar-refractivity contribution is -0.134. The molecule has 1 aromatic carbocycles. The molecule has 3 aromatic rings. The van der Waals surface area contributed by atoms with Crippen LogP contribution in [0.2, 0.25) is 5.02 Å². The van der Waals surface area contributed by atoms with E-state index in [2.05, 4.69) is 25.2 Å². The number of aromatic amines is 2. The minimum absolute atomic E-state index is 0.0576. The molecule has 3 heterocycles. The predicted molar refractivity (Wildman–Crippen MR) is 120 cm³/mol. The molecule has 0 spiro atoms. The molecule has 3 N–H and O–H groups in total. The number of piperazine rings is 1. The zero-order valence-corrected chi connectivity index (χ0v) is 18.0. The van der Waals surface area contributed by atoms with E-state index in [9.17, 15) is 14.4 Å². The Bertz CT molecular complexity index is 1150. The van der Waals surface area contributed by atoms with Gasteiger partial charge in [-0.15, -0.1) is 0 Å². The number of amides is 2. The number of pyridine rings is 1. The fourth-order valence-electron chi connectivity index (χ4n) is 3.39. The van der Waals surface area contributed by atoms with Gasteiger partial charge in [-0.25, -0.2) is 9.78 Å². The van der Waals surface area contributed by atoms with Crippen LogP contribution in [-0.4, -0.2) is 69.5 Å². The van der Waals surface area contributed by atoms with Crippen molar-refractivity contribution in [2.24, 2.45) is 0 Å². The molecule has 2 aromatic heterocycles. The SMILES string of the molecule is O=C(CCC(=O)N1CCN(COc2ccc(Cl)cc2)CC1)Nc1ccc2[nH]c(=O)[nH]c2n1. The van der Waals surface area contributed by atoms with E-state index in [0.717, 1.165) is 5.75 Å². The summed E-state index contributed by atoms with van der Waals surface area (Å²) in [6.07, 6.45) is 0.179. The number of hydrogen-bond acceptors (Lipinski definition) is 6. The molecule has 1 fully saturated rings. The highest BCUT2D eigenvalue weighted by molar-refractivity contribution is 6.30. The standard InChI is InChI=1S/C21H23ClN6O4/c22-14-1-3-15(4-2-14)32-13-27-9-11-28(12-10-27)19(30)8-7-18(29)24-17-6-5-16-20(25-17)26-21(31)23-16/h1-6H,7-13H2,(H3,23,24,25,26,29,31). The zero-order valence-electron chi connectivity index (χ0n) is 17.3. The van der Waals surface area contributed by atoms with Crippen LogP contribution in [-0.2, 0) is 9.59 Å². The number of ether oxygens (including phenoxy) is 1. The van der Waals surface area contributed by atoms with E-state index in [1.165, 1.54) is 0 Å². The molecule has 1 aliphatic heterocycles. The maximum atomic E-state index is 12.5. The lowest BCUT2D eigenvalue weighted by atomic mass is 10.2. The van der Waals surface area contributed by atoms with Gasteiger partial charge in [0, 0.05) is 44.0 Å². The lowest BCUT2D eigenvalue weighted by Crippen LogP contribution is -2.49. The number of nitrogens with zero attached hydrogens (tertiary/aromatic N) is 3. The monoisotopic (exact) mass is 458 g/mol. The molecule has 168 valence electrons. The summed E-state index contributed by atoms with van der Waals surface area (Å²) in [7, 11) is 0. The maximum Gasteiger partial charge on any atom is 0.325 e. The van der Waals surface area contributed by atoms with E-state index in [-0.39, 0.29) is 30.3 Å². The number of aromatic nitrogens is 3. The summed E-state index contributed by atoms with van der Waals surface area (Å²) in [5.41, 5.74) is 0.556. The van der Waals surface area contributed by atoms with Crippen LogP contribution in [0.5, 0.6) is 5.75 Å². The van der Waals surface area contributed by atoms with Gasteiger partial charge in [0.1, 0.15) is 18.3 Å². The fraction of sp³-hybridized carbons (Fsp3) is 0.333. The minimum Gasteiger partial charge on any atom is -0.478 e. The smallest absolute Gasteiger partial charge is 0.325 e. The quantitative estimate of drug-likeness (QED) is 0.496. The largest absolute Gasteiger partial charge is 0.478 e. The Kier molecular flexibility index (Phi) is 6.72. The van der Waals surface area contributed by atoms with E-state index >= 15 is 0 Å². The van der Waals surface area contributed by atoms with Crippen LogP contribution in [0.4, 0.5) is 5.82 Å². The van der Waals surface area contributed by atoms with Crippen LogP contribution < -0.4 is 15.7 Å². The average Bonchev–Trinajstić information content (AvgIpc) is 3.17. The Morgan fingerprint density at radius 3 is 2.53 bits per heavy atom. The number of carbonyl (C=O) groups is 2. The lowest BCUT2D eigenvalue weighted by Gasteiger charge is -2.34. The number of nitrogens with one attached hydrogen (secondary N) is 3. The molecule has 0 aliphatic carbocycles. The van der Waals surface area contributed by atoms with Crippen LogP contribution in [0, 0.1) is 0 Å². The van der Waals surface area contributed by atoms with Crippen LogP contribution in [0.15, 0.2) is 41.2 Å². The number of rotatable bonds is 7. The van der Waals surface area contributed by atoms with Gasteiger partial charge in [-0.3, -0.25) is 19.5 Å². The van der Waals surface area contributed by atoms with Crippen molar-refractivity contribution in [1.29, 1.82) is 0 Å². The maximum absolute atomic E-state index is 12.5. The first-order chi connectivity index (χ1) is 15.5. The third-order valence-electron chi connectivity index (χ3n) is 5.16. The first-order valence-corrected chi connectivity index (χ1v) is 10.6. The summed E-state index contributed by atoms with van der Waals surface area (Å²) in [6.45, 7) is 3.01. The van der Waals surface area contributed by atoms with Crippen LogP contribution >= 0.6 is 11.6 Å². The molecule has 0 radical (unpaired) electrons. The number of anilines is 1. The minimum atomic E-state index is -0.363. The summed E-state index contributed by atoms with van der Waals surface area (Å²) < 4.78 is 5.74. The molecule has 10 nitrogen and oxygen atoms in total. The van der Waals surface area contributed by atoms with Crippen molar-refractivity contribution in [3.05, 3.63) is 51.9 Å². The van der Waals surface area contributed by atoms with Gasteiger partial charge in [0.2, 0.25) is 11.8 Å². The van der Waals surface area contributed by atoms with Crippen molar-refractivity contribution in [3.8, 4) is 5.75 Å². The van der Waals surface area contributed by atoms with Gasteiger partial charge in [-0.05, 0) is 36.4 Å². The van der Waals surface area contributed by atoms with Crippen LogP contribution in [0.25, 0.3) is 11.2 Å². The van der Waals surface area contributed by atoms with E-state index in [1.54, 1.807) is 29.2 Å². The molecule has 32 heavy (non-hydrogen) atoms. The summed E-state index contributed by atoms with van der Waals surface area (Å²) in [6, 6.07) is 10.4. The number of hydrogen-bond donors (Lipinski definition) is 3. The van der Waals surface area contributed by atoms with Crippen LogP contribution in [0.1, 0.15) is 12.8 Å². The van der Waals surface area contributed by atoms with Gasteiger partial charge in [0.25, 0.3) is 0 Å². The molecular formula is C21H23ClN6O4. The molecule has 0 saturated carbocycles. The number of H-pyrrole nitrogens is 2. The van der Waals surface area contributed by atoms with Crippen molar-refractivity contribution < 1.29 is 14.3 Å². The molecule has 4 rings (SSSR count). The first-order valence-electron chi connectivity index (χ1n) is 10.2. The van der Waals surface area contributed by atoms with Gasteiger partial charge in [-0.1, -0.05) is 11.6 Å². The molecule has 2 amide bonds. The predicted octanol–water partition coefficient (Wildman–Crippen LogP) is 1.80. The summed E-state index contributed by atoms with van der Waals surface area (Å²) in [4.78, 5) is 49.1. The Morgan fingerprint density at radius 2 is 1.78 bits per heavy atom. The number of halogens is 1. The molecule has 0 unspecified atom stereocenters. The zero-order chi connectivity index (χ0) is 22.5. The normalized spacial score (nSPS) is 14.5. The highest BCUT2D eigenvalue weighted by Crippen LogP contribution is 2.16. The van der Waals surface area contributed by atoms with Gasteiger partial charge in [-0.2, -0.15) is 0 Å². The number of carbonyl (C=O) groups excluding carboxylic acids is 2. The molecule has 0 bridgehead atoms. The van der Waals surface area contributed by atoms with Crippen molar-refractivity contribution in [2.45, 2.75) is 12.8 Å². The van der Waals surface area contributed by atoms with Gasteiger partial charge in [0.15, 0.2) is 5.65 Å². The van der Waals surface area contributed by atoms with Gasteiger partial charge in [0.05, 0.1) is 5.52 Å². The van der Waals surface area contributed by atoms with Gasteiger partial charge >= 0.3 is 5.69 Å². The average molecular weight is 459 g/mol. The highest BCUT2D eigenvalue weighted by Gasteiger charge is 2.21. The molecule has 0 atom stereocenters. The van der Waals surface area contributed by atoms with Crippen LogP contribution in [0.3, 0.4) is 0 Å². The molecule has 1 aliphatic rings. The third kappa shape index (κ3) is 5.65. The Morgan fingerprint density at radius 1 is 1.03 bits per heavy atom. The van der Waals surface area contributed by atoms with Crippen molar-refractivity contribution >= 4 is 40.4 Å². The Hall–Kier alpha value is -3.37. The van der Waals surface area contributed by atoms with E-state index in [0.29, 0.717) is 54.9 Å². The van der Waals surface area contributed by atoms with E-state index < -0.39 is 0 Å². The highest BCUT2D eigenvalue weighted by atomic mass is 35.5. The third-order valence-corrected chi connectivity index (χ3v) is 5.41. The summed E-state index contributed by atoms with van der Waals surface area (Å²) in [5.74, 6) is 0.699. The Balaban J connectivity index is 1.17. The second-order valence-electron chi connectivity index (χ2n) is 7.45. The fourth-order valence-corrected chi connectivity index (χ4v) is 3.52.